The van der Waals surface area contributed by atoms with Crippen molar-refractivity contribution in [1.82, 2.24) is 0 Å². The van der Waals surface area contributed by atoms with Crippen molar-refractivity contribution < 1.29 is 18.0 Å². The van der Waals surface area contributed by atoms with Crippen LogP contribution in [0, 0.1) is 0 Å². The fraction of sp³-hybridized carbons (Fsp3) is 0.133. The second-order valence-electron chi connectivity index (χ2n) is 4.46. The molecule has 2 rings (SSSR count). The van der Waals surface area contributed by atoms with Crippen LogP contribution in [0.5, 0.6) is 0 Å². The molecule has 0 heterocycles. The lowest BCUT2D eigenvalue weighted by atomic mass is 10.2. The Kier molecular flexibility index (Phi) is 4.92. The van der Waals surface area contributed by atoms with E-state index in [4.69, 9.17) is 11.6 Å². The van der Waals surface area contributed by atoms with Crippen LogP contribution in [0.25, 0.3) is 0 Å². The molecule has 116 valence electrons. The summed E-state index contributed by atoms with van der Waals surface area (Å²) in [5.74, 6) is -0.389. The van der Waals surface area contributed by atoms with Crippen molar-refractivity contribution >= 4 is 28.9 Å². The molecule has 2 N–H and O–H groups in total. The molecule has 0 aliphatic heterocycles. The molecule has 1 amide bonds. The summed E-state index contributed by atoms with van der Waals surface area (Å²) in [5, 5.41) is 5.32. The molecule has 0 unspecified atom stereocenters. The zero-order valence-corrected chi connectivity index (χ0v) is 12.0. The summed E-state index contributed by atoms with van der Waals surface area (Å²) >= 11 is 5.83. The van der Waals surface area contributed by atoms with Crippen LogP contribution in [0.1, 0.15) is 5.56 Å². The molecule has 0 saturated heterocycles. The summed E-state index contributed by atoms with van der Waals surface area (Å²) in [6, 6.07) is 11.6. The highest BCUT2D eigenvalue weighted by Gasteiger charge is 2.30. The van der Waals surface area contributed by atoms with Gasteiger partial charge in [0.15, 0.2) is 0 Å². The Morgan fingerprint density at radius 1 is 1.09 bits per heavy atom. The number of benzene rings is 2. The van der Waals surface area contributed by atoms with Gasteiger partial charge in [-0.25, -0.2) is 0 Å². The molecule has 0 aliphatic rings. The van der Waals surface area contributed by atoms with Gasteiger partial charge in [0.2, 0.25) is 5.91 Å². The first kappa shape index (κ1) is 16.2. The first-order valence-electron chi connectivity index (χ1n) is 6.32. The molecule has 3 nitrogen and oxygen atoms in total. The van der Waals surface area contributed by atoms with Gasteiger partial charge in [-0.05, 0) is 30.3 Å². The van der Waals surface area contributed by atoms with Gasteiger partial charge < -0.3 is 10.6 Å². The van der Waals surface area contributed by atoms with Crippen molar-refractivity contribution in [2.24, 2.45) is 0 Å². The first-order chi connectivity index (χ1) is 10.4. The highest BCUT2D eigenvalue weighted by Crippen LogP contribution is 2.33. The van der Waals surface area contributed by atoms with Gasteiger partial charge in [0.1, 0.15) is 0 Å². The molecule has 0 bridgehead atoms. The quantitative estimate of drug-likeness (QED) is 0.873. The zero-order chi connectivity index (χ0) is 16.2. The molecule has 7 heteroatoms. The molecule has 0 radical (unpaired) electrons. The van der Waals surface area contributed by atoms with Crippen molar-refractivity contribution in [3.05, 3.63) is 59.1 Å². The van der Waals surface area contributed by atoms with Gasteiger partial charge >= 0.3 is 6.18 Å². The third-order valence-electron chi connectivity index (χ3n) is 2.79. The number of amides is 1. The molecule has 22 heavy (non-hydrogen) atoms. The van der Waals surface area contributed by atoms with Crippen molar-refractivity contribution in [1.29, 1.82) is 0 Å². The number of halogens is 4. The van der Waals surface area contributed by atoms with Crippen LogP contribution in [0.3, 0.4) is 0 Å². The maximum atomic E-state index is 12.6. The molecule has 0 spiro atoms. The van der Waals surface area contributed by atoms with Crippen molar-refractivity contribution in [3.63, 3.8) is 0 Å². The Labute approximate surface area is 130 Å². The minimum atomic E-state index is -4.46. The highest BCUT2D eigenvalue weighted by molar-refractivity contribution is 6.33. The second kappa shape index (κ2) is 6.70. The SMILES string of the molecule is O=C(CNc1cc(C(F)(F)F)ccc1Cl)Nc1ccccc1. The van der Waals surface area contributed by atoms with Crippen molar-refractivity contribution in [2.75, 3.05) is 17.2 Å². The summed E-state index contributed by atoms with van der Waals surface area (Å²) < 4.78 is 37.9. The number of hydrogen-bond donors (Lipinski definition) is 2. The lowest BCUT2D eigenvalue weighted by molar-refractivity contribution is -0.137. The molecular weight excluding hydrogens is 317 g/mol. The number of nitrogens with one attached hydrogen (secondary N) is 2. The largest absolute Gasteiger partial charge is 0.416 e. The second-order valence-corrected chi connectivity index (χ2v) is 4.87. The van der Waals surface area contributed by atoms with Gasteiger partial charge in [0, 0.05) is 5.69 Å². The van der Waals surface area contributed by atoms with Crippen LogP contribution in [-0.4, -0.2) is 12.5 Å². The van der Waals surface area contributed by atoms with E-state index in [1.54, 1.807) is 30.3 Å². The van der Waals surface area contributed by atoms with Crippen molar-refractivity contribution in [2.45, 2.75) is 6.18 Å². The third kappa shape index (κ3) is 4.39. The van der Waals surface area contributed by atoms with E-state index in [2.05, 4.69) is 10.6 Å². The fourth-order valence-electron chi connectivity index (χ4n) is 1.74. The van der Waals surface area contributed by atoms with Crippen LogP contribution in [0.15, 0.2) is 48.5 Å². The lowest BCUT2D eigenvalue weighted by Crippen LogP contribution is -2.22. The number of anilines is 2. The maximum Gasteiger partial charge on any atom is 0.416 e. The number of hydrogen-bond acceptors (Lipinski definition) is 2. The van der Waals surface area contributed by atoms with E-state index in [0.717, 1.165) is 18.2 Å². The van der Waals surface area contributed by atoms with Crippen LogP contribution >= 0.6 is 11.6 Å². The first-order valence-corrected chi connectivity index (χ1v) is 6.69. The number of rotatable bonds is 4. The van der Waals surface area contributed by atoms with E-state index in [1.807, 2.05) is 0 Å². The molecule has 0 aromatic heterocycles. The predicted molar refractivity (Wildman–Crippen MR) is 80.0 cm³/mol. The van der Waals surface area contributed by atoms with Gasteiger partial charge in [-0.1, -0.05) is 29.8 Å². The van der Waals surface area contributed by atoms with Crippen molar-refractivity contribution in [3.8, 4) is 0 Å². The lowest BCUT2D eigenvalue weighted by Gasteiger charge is -2.12. The average molecular weight is 329 g/mol. The summed E-state index contributed by atoms with van der Waals surface area (Å²) in [6.45, 7) is -0.198. The topological polar surface area (TPSA) is 41.1 Å². The normalized spacial score (nSPS) is 11.1. The minimum Gasteiger partial charge on any atom is -0.375 e. The van der Waals surface area contributed by atoms with E-state index < -0.39 is 11.7 Å². The van der Waals surface area contributed by atoms with E-state index in [1.165, 1.54) is 0 Å². The Morgan fingerprint density at radius 2 is 1.77 bits per heavy atom. The van der Waals surface area contributed by atoms with E-state index in [9.17, 15) is 18.0 Å². The predicted octanol–water partition coefficient (Wildman–Crippen LogP) is 4.41. The Balaban J connectivity index is 2.00. The molecular formula is C15H12ClF3N2O. The van der Waals surface area contributed by atoms with Crippen LogP contribution in [0.2, 0.25) is 5.02 Å². The number of carbonyl (C=O) groups excluding carboxylic acids is 1. The Bertz CT molecular complexity index is 660. The van der Waals surface area contributed by atoms with Gasteiger partial charge in [-0.15, -0.1) is 0 Å². The molecule has 0 aliphatic carbocycles. The Morgan fingerprint density at radius 3 is 2.41 bits per heavy atom. The van der Waals surface area contributed by atoms with Crippen LogP contribution < -0.4 is 10.6 Å². The monoisotopic (exact) mass is 328 g/mol. The van der Waals surface area contributed by atoms with Crippen LogP contribution in [-0.2, 0) is 11.0 Å². The minimum absolute atomic E-state index is 0.0553. The van der Waals surface area contributed by atoms with Gasteiger partial charge in [0.05, 0.1) is 22.8 Å². The summed E-state index contributed by atoms with van der Waals surface area (Å²) in [7, 11) is 0. The molecule has 2 aromatic rings. The summed E-state index contributed by atoms with van der Waals surface area (Å²) in [6.07, 6.45) is -4.46. The maximum absolute atomic E-state index is 12.6. The van der Waals surface area contributed by atoms with E-state index >= 15 is 0 Å². The number of para-hydroxylation sites is 1. The average Bonchev–Trinajstić information content (AvgIpc) is 2.46. The van der Waals surface area contributed by atoms with Gasteiger partial charge in [-0.3, -0.25) is 4.79 Å². The van der Waals surface area contributed by atoms with Crippen LogP contribution in [0.4, 0.5) is 24.5 Å². The molecule has 0 saturated carbocycles. The van der Waals surface area contributed by atoms with E-state index in [0.29, 0.717) is 5.69 Å². The Hall–Kier alpha value is -2.21. The van der Waals surface area contributed by atoms with Gasteiger partial charge in [0.25, 0.3) is 0 Å². The molecule has 0 atom stereocenters. The fourth-order valence-corrected chi connectivity index (χ4v) is 1.92. The zero-order valence-electron chi connectivity index (χ0n) is 11.2. The van der Waals surface area contributed by atoms with E-state index in [-0.39, 0.29) is 23.2 Å². The standard InChI is InChI=1S/C15H12ClF3N2O/c16-12-7-6-10(15(17,18)19)8-13(12)20-9-14(22)21-11-4-2-1-3-5-11/h1-8,20H,9H2,(H,21,22). The summed E-state index contributed by atoms with van der Waals surface area (Å²) in [4.78, 5) is 11.7. The molecule has 2 aromatic carbocycles. The number of alkyl halides is 3. The smallest absolute Gasteiger partial charge is 0.375 e. The third-order valence-corrected chi connectivity index (χ3v) is 3.12. The molecule has 0 fully saturated rings. The number of carbonyl (C=O) groups is 1. The summed E-state index contributed by atoms with van der Waals surface area (Å²) in [5.41, 5.74) is -0.174. The highest BCUT2D eigenvalue weighted by atomic mass is 35.5. The van der Waals surface area contributed by atoms with Gasteiger partial charge in [-0.2, -0.15) is 13.2 Å².